The molecule has 1 aliphatic rings. The fraction of sp³-hybridized carbons (Fsp3) is 0. The second kappa shape index (κ2) is 4.48. The largest absolute Gasteiger partial charge is 0.458 e. The quantitative estimate of drug-likeness (QED) is 0.755. The molecule has 1 aromatic carbocycles. The molecule has 0 saturated heterocycles. The monoisotopic (exact) mass is 284 g/mol. The molecule has 2 heterocycles. The maximum absolute atomic E-state index is 5.88. The summed E-state index contributed by atoms with van der Waals surface area (Å²) in [7, 11) is 2.74. The van der Waals surface area contributed by atoms with E-state index in [0.29, 0.717) is 21.3 Å². The molecule has 0 aliphatic carbocycles. The first kappa shape index (κ1) is 10.8. The molecule has 0 radical (unpaired) electrons. The number of fused-ring (bicyclic) bond motifs is 1. The molecule has 2 aromatic rings. The van der Waals surface area contributed by atoms with Crippen molar-refractivity contribution >= 4 is 38.2 Å². The van der Waals surface area contributed by atoms with Crippen LogP contribution in [0.1, 0.15) is 0 Å². The Hall–Kier alpha value is -1.37. The van der Waals surface area contributed by atoms with Crippen LogP contribution in [0.5, 0.6) is 11.5 Å². The second-order valence-electron chi connectivity index (χ2n) is 3.10. The summed E-state index contributed by atoms with van der Waals surface area (Å²) in [6.07, 6.45) is 2.97. The van der Waals surface area contributed by atoms with Gasteiger partial charge in [0.15, 0.2) is 21.3 Å². The van der Waals surface area contributed by atoms with Gasteiger partial charge >= 0.3 is 0 Å². The van der Waals surface area contributed by atoms with Gasteiger partial charge < -0.3 is 9.47 Å². The Kier molecular flexibility index (Phi) is 2.84. The average molecular weight is 285 g/mol. The molecule has 0 fully saturated rings. The molecule has 3 rings (SSSR count). The van der Waals surface area contributed by atoms with Crippen molar-refractivity contribution in [2.24, 2.45) is 4.99 Å². The standard InChI is InChI=1S/C10H5ClN2O2S2/c11-9-10(16-17-13-9)12-6-1-2-7-8(5-6)15-4-3-14-7/h1-5H. The van der Waals surface area contributed by atoms with Gasteiger partial charge in [-0.2, -0.15) is 4.37 Å². The van der Waals surface area contributed by atoms with Gasteiger partial charge in [-0.25, -0.2) is 4.99 Å². The van der Waals surface area contributed by atoms with Crippen LogP contribution in [0.15, 0.2) is 35.7 Å². The third-order valence-corrected chi connectivity index (χ3v) is 4.18. The topological polar surface area (TPSA) is 43.7 Å². The van der Waals surface area contributed by atoms with E-state index in [0.717, 1.165) is 5.69 Å². The summed E-state index contributed by atoms with van der Waals surface area (Å²) in [5.41, 5.74) is 0.751. The normalized spacial score (nSPS) is 14.1. The van der Waals surface area contributed by atoms with Crippen LogP contribution in [0.2, 0.25) is 5.15 Å². The number of rotatable bonds is 1. The predicted octanol–water partition coefficient (Wildman–Crippen LogP) is 3.33. The Bertz CT molecular complexity index is 648. The zero-order valence-corrected chi connectivity index (χ0v) is 10.7. The number of halogens is 1. The number of ether oxygens (including phenoxy) is 2. The van der Waals surface area contributed by atoms with Crippen molar-refractivity contribution in [1.82, 2.24) is 4.37 Å². The fourth-order valence-electron chi connectivity index (χ4n) is 1.30. The third kappa shape index (κ3) is 2.19. The van der Waals surface area contributed by atoms with E-state index in [-0.39, 0.29) is 0 Å². The Morgan fingerprint density at radius 1 is 1.18 bits per heavy atom. The van der Waals surface area contributed by atoms with Crippen LogP contribution in [0.25, 0.3) is 0 Å². The number of nitrogens with zero attached hydrogens (tertiary/aromatic N) is 2. The summed E-state index contributed by atoms with van der Waals surface area (Å²) in [6.45, 7) is 0. The van der Waals surface area contributed by atoms with E-state index >= 15 is 0 Å². The van der Waals surface area contributed by atoms with Crippen LogP contribution in [0.3, 0.4) is 0 Å². The molecular weight excluding hydrogens is 280 g/mol. The highest BCUT2D eigenvalue weighted by molar-refractivity contribution is 7.66. The lowest BCUT2D eigenvalue weighted by atomic mass is 10.3. The number of aromatic nitrogens is 1. The van der Waals surface area contributed by atoms with Gasteiger partial charge in [0.25, 0.3) is 0 Å². The highest BCUT2D eigenvalue weighted by Crippen LogP contribution is 2.33. The number of hydrogen-bond acceptors (Lipinski definition) is 6. The number of benzene rings is 1. The first-order chi connectivity index (χ1) is 8.33. The minimum atomic E-state index is 0.426. The molecule has 0 spiro atoms. The van der Waals surface area contributed by atoms with E-state index in [1.165, 1.54) is 33.4 Å². The van der Waals surface area contributed by atoms with E-state index in [2.05, 4.69) is 9.37 Å². The molecule has 4 nitrogen and oxygen atoms in total. The minimum absolute atomic E-state index is 0.426. The zero-order valence-electron chi connectivity index (χ0n) is 8.29. The maximum atomic E-state index is 5.88. The first-order valence-electron chi connectivity index (χ1n) is 4.61. The van der Waals surface area contributed by atoms with E-state index in [9.17, 15) is 0 Å². The molecule has 1 aliphatic heterocycles. The maximum Gasteiger partial charge on any atom is 0.179 e. The average Bonchev–Trinajstić information content (AvgIpc) is 2.75. The molecule has 7 heteroatoms. The molecule has 1 aromatic heterocycles. The van der Waals surface area contributed by atoms with Crippen molar-refractivity contribution in [2.45, 2.75) is 0 Å². The van der Waals surface area contributed by atoms with E-state index in [4.69, 9.17) is 21.1 Å². The SMILES string of the molecule is Clc1nssc1=Nc1ccc2c(c1)OC=CO2. The van der Waals surface area contributed by atoms with Crippen LogP contribution in [0.4, 0.5) is 5.69 Å². The number of hydrogen-bond donors (Lipinski definition) is 0. The molecule has 0 saturated carbocycles. The van der Waals surface area contributed by atoms with E-state index < -0.39 is 0 Å². The van der Waals surface area contributed by atoms with Crippen LogP contribution in [-0.2, 0) is 0 Å². The summed E-state index contributed by atoms with van der Waals surface area (Å²) in [6, 6.07) is 5.43. The van der Waals surface area contributed by atoms with Crippen molar-refractivity contribution in [3.63, 3.8) is 0 Å². The van der Waals surface area contributed by atoms with Crippen LogP contribution < -0.4 is 14.1 Å². The summed E-state index contributed by atoms with van der Waals surface area (Å²) in [4.78, 5) is 4.38. The minimum Gasteiger partial charge on any atom is -0.458 e. The molecule has 0 amide bonds. The highest BCUT2D eigenvalue weighted by Gasteiger charge is 2.08. The molecule has 0 N–H and O–H groups in total. The first-order valence-corrected chi connectivity index (χ1v) is 7.10. The van der Waals surface area contributed by atoms with Gasteiger partial charge in [0.1, 0.15) is 12.5 Å². The Balaban J connectivity index is 2.04. The smallest absolute Gasteiger partial charge is 0.179 e. The molecular formula is C10H5ClN2O2S2. The lowest BCUT2D eigenvalue weighted by Gasteiger charge is -2.11. The zero-order chi connectivity index (χ0) is 11.7. The van der Waals surface area contributed by atoms with Crippen molar-refractivity contribution in [1.29, 1.82) is 0 Å². The van der Waals surface area contributed by atoms with Crippen LogP contribution in [0, 0.1) is 0 Å². The molecule has 0 bridgehead atoms. The lowest BCUT2D eigenvalue weighted by molar-refractivity contribution is 0.362. The van der Waals surface area contributed by atoms with Crippen LogP contribution >= 0.6 is 32.5 Å². The molecule has 0 unspecified atom stereocenters. The van der Waals surface area contributed by atoms with Gasteiger partial charge in [0, 0.05) is 16.6 Å². The van der Waals surface area contributed by atoms with Crippen molar-refractivity contribution < 1.29 is 9.47 Å². The summed E-state index contributed by atoms with van der Waals surface area (Å²) in [5, 5.41) is 0.426. The Morgan fingerprint density at radius 2 is 2.00 bits per heavy atom. The van der Waals surface area contributed by atoms with E-state index in [1.807, 2.05) is 6.07 Å². The highest BCUT2D eigenvalue weighted by atomic mass is 35.5. The van der Waals surface area contributed by atoms with Crippen molar-refractivity contribution in [3.05, 3.63) is 40.5 Å². The van der Waals surface area contributed by atoms with Gasteiger partial charge in [0.05, 0.1) is 5.69 Å². The van der Waals surface area contributed by atoms with Crippen molar-refractivity contribution in [3.8, 4) is 11.5 Å². The van der Waals surface area contributed by atoms with Gasteiger partial charge in [-0.15, -0.1) is 0 Å². The van der Waals surface area contributed by atoms with Crippen LogP contribution in [-0.4, -0.2) is 4.37 Å². The lowest BCUT2D eigenvalue weighted by Crippen LogP contribution is -1.96. The summed E-state index contributed by atoms with van der Waals surface area (Å²) in [5.74, 6) is 1.31. The summed E-state index contributed by atoms with van der Waals surface area (Å²) >= 11 is 5.88. The third-order valence-electron chi connectivity index (χ3n) is 2.01. The molecule has 17 heavy (non-hydrogen) atoms. The molecule has 86 valence electrons. The fourth-order valence-corrected chi connectivity index (χ4v) is 3.29. The van der Waals surface area contributed by atoms with Gasteiger partial charge in [-0.3, -0.25) is 0 Å². The molecule has 0 atom stereocenters. The Morgan fingerprint density at radius 3 is 2.76 bits per heavy atom. The van der Waals surface area contributed by atoms with Gasteiger partial charge in [-0.05, 0) is 22.5 Å². The van der Waals surface area contributed by atoms with Gasteiger partial charge in [-0.1, -0.05) is 11.6 Å². The summed E-state index contributed by atoms with van der Waals surface area (Å²) < 4.78 is 15.2. The van der Waals surface area contributed by atoms with Gasteiger partial charge in [0.2, 0.25) is 0 Å². The second-order valence-corrected chi connectivity index (χ2v) is 5.29. The van der Waals surface area contributed by atoms with E-state index in [1.54, 1.807) is 12.1 Å². The Labute approximate surface area is 109 Å². The van der Waals surface area contributed by atoms with Crippen molar-refractivity contribution in [2.75, 3.05) is 0 Å². The predicted molar refractivity (Wildman–Crippen MR) is 67.1 cm³/mol.